The number of amides is 1. The van der Waals surface area contributed by atoms with E-state index in [0.29, 0.717) is 18.4 Å². The number of hydrogen-bond acceptors (Lipinski definition) is 5. The van der Waals surface area contributed by atoms with Gasteiger partial charge in [0.25, 0.3) is 0 Å². The molecule has 10 heteroatoms. The Morgan fingerprint density at radius 3 is 2.44 bits per heavy atom. The fourth-order valence-electron chi connectivity index (χ4n) is 2.96. The number of carbonyl (C=O) groups is 1. The summed E-state index contributed by atoms with van der Waals surface area (Å²) < 4.78 is 27.1. The Kier molecular flexibility index (Phi) is 4.25. The molecule has 1 fully saturated rings. The number of H-pyrrole nitrogens is 2. The lowest BCUT2D eigenvalue weighted by atomic mass is 10.2. The summed E-state index contributed by atoms with van der Waals surface area (Å²) >= 11 is 0. The normalized spacial score (nSPS) is 18.6. The molecule has 1 aliphatic heterocycles. The molecule has 0 saturated carbocycles. The van der Waals surface area contributed by atoms with E-state index in [1.165, 1.54) is 27.4 Å². The van der Waals surface area contributed by atoms with E-state index >= 15 is 0 Å². The predicted octanol–water partition coefficient (Wildman–Crippen LogP) is -0.542. The molecular formula is C15H18N4O5S. The molecule has 2 N–H and O–H groups in total. The minimum absolute atomic E-state index is 0.0406. The average molecular weight is 366 g/mol. The van der Waals surface area contributed by atoms with Gasteiger partial charge in [0.05, 0.1) is 15.9 Å². The molecule has 3 rings (SSSR count). The molecule has 0 radical (unpaired) electrons. The molecule has 1 saturated heterocycles. The molecule has 1 aromatic heterocycles. The predicted molar refractivity (Wildman–Crippen MR) is 90.8 cm³/mol. The SMILES string of the molecule is CN(C)C(=O)C1CCCN1S(=O)(=O)c1ccc2[nH]c(=O)c(=O)[nH]c2c1. The second kappa shape index (κ2) is 6.12. The van der Waals surface area contributed by atoms with Crippen molar-refractivity contribution in [2.24, 2.45) is 0 Å². The summed E-state index contributed by atoms with van der Waals surface area (Å²) in [5, 5.41) is 0. The van der Waals surface area contributed by atoms with Crippen molar-refractivity contribution in [3.63, 3.8) is 0 Å². The van der Waals surface area contributed by atoms with Gasteiger partial charge in [0.15, 0.2) is 0 Å². The van der Waals surface area contributed by atoms with E-state index < -0.39 is 27.2 Å². The maximum Gasteiger partial charge on any atom is 0.314 e. The molecule has 9 nitrogen and oxygen atoms in total. The van der Waals surface area contributed by atoms with Crippen molar-refractivity contribution in [1.82, 2.24) is 19.2 Å². The number of nitrogens with one attached hydrogen (secondary N) is 2. The Balaban J connectivity index is 2.06. The lowest BCUT2D eigenvalue weighted by Gasteiger charge is -2.25. The van der Waals surface area contributed by atoms with Crippen molar-refractivity contribution in [2.75, 3.05) is 20.6 Å². The number of rotatable bonds is 3. The summed E-state index contributed by atoms with van der Waals surface area (Å²) in [5.74, 6) is -0.264. The van der Waals surface area contributed by atoms with Crippen LogP contribution in [0.1, 0.15) is 12.8 Å². The zero-order valence-electron chi connectivity index (χ0n) is 13.8. The van der Waals surface area contributed by atoms with E-state index in [9.17, 15) is 22.8 Å². The summed E-state index contributed by atoms with van der Waals surface area (Å²) in [7, 11) is -0.737. The van der Waals surface area contributed by atoms with E-state index in [1.54, 1.807) is 14.1 Å². The van der Waals surface area contributed by atoms with Gasteiger partial charge in [0.1, 0.15) is 6.04 Å². The van der Waals surface area contributed by atoms with E-state index in [0.717, 1.165) is 0 Å². The van der Waals surface area contributed by atoms with Crippen LogP contribution in [-0.2, 0) is 14.8 Å². The number of fused-ring (bicyclic) bond motifs is 1. The van der Waals surface area contributed by atoms with Crippen molar-refractivity contribution in [2.45, 2.75) is 23.8 Å². The standard InChI is InChI=1S/C15H18N4O5S/c1-18(2)15(22)12-4-3-7-19(12)25(23,24)9-5-6-10-11(8-9)17-14(21)13(20)16-10/h5-6,8,12H,3-4,7H2,1-2H3,(H,16,20)(H,17,21). The highest BCUT2D eigenvalue weighted by Crippen LogP contribution is 2.27. The number of aromatic amines is 2. The Morgan fingerprint density at radius 2 is 1.80 bits per heavy atom. The van der Waals surface area contributed by atoms with Gasteiger partial charge in [-0.2, -0.15) is 4.31 Å². The van der Waals surface area contributed by atoms with Crippen molar-refractivity contribution < 1.29 is 13.2 Å². The van der Waals surface area contributed by atoms with E-state index in [-0.39, 0.29) is 22.9 Å². The maximum absolute atomic E-state index is 13.0. The van der Waals surface area contributed by atoms with Crippen LogP contribution in [0.3, 0.4) is 0 Å². The van der Waals surface area contributed by atoms with Crippen LogP contribution in [0.15, 0.2) is 32.7 Å². The minimum atomic E-state index is -3.91. The summed E-state index contributed by atoms with van der Waals surface area (Å²) in [4.78, 5) is 41.1. The smallest absolute Gasteiger partial charge is 0.314 e. The Bertz CT molecular complexity index is 1050. The van der Waals surface area contributed by atoms with Gasteiger partial charge in [0, 0.05) is 20.6 Å². The van der Waals surface area contributed by atoms with Gasteiger partial charge < -0.3 is 14.9 Å². The molecule has 1 aromatic carbocycles. The van der Waals surface area contributed by atoms with Gasteiger partial charge in [-0.05, 0) is 31.0 Å². The first-order chi connectivity index (χ1) is 11.7. The van der Waals surface area contributed by atoms with Crippen LogP contribution in [0.5, 0.6) is 0 Å². The molecule has 1 unspecified atom stereocenters. The highest BCUT2D eigenvalue weighted by atomic mass is 32.2. The van der Waals surface area contributed by atoms with Crippen molar-refractivity contribution >= 4 is 27.0 Å². The van der Waals surface area contributed by atoms with Crippen LogP contribution < -0.4 is 11.1 Å². The number of benzene rings is 1. The fraction of sp³-hybridized carbons (Fsp3) is 0.400. The molecule has 1 amide bonds. The average Bonchev–Trinajstić information content (AvgIpc) is 3.05. The third kappa shape index (κ3) is 2.98. The Morgan fingerprint density at radius 1 is 1.16 bits per heavy atom. The van der Waals surface area contributed by atoms with Gasteiger partial charge in [-0.15, -0.1) is 0 Å². The monoisotopic (exact) mass is 366 g/mol. The van der Waals surface area contributed by atoms with Crippen LogP contribution in [0.2, 0.25) is 0 Å². The first-order valence-corrected chi connectivity index (χ1v) is 9.15. The number of likely N-dealkylation sites (N-methyl/N-ethyl adjacent to an activating group) is 1. The quantitative estimate of drug-likeness (QED) is 0.706. The summed E-state index contributed by atoms with van der Waals surface area (Å²) in [6.45, 7) is 0.257. The van der Waals surface area contributed by atoms with Crippen molar-refractivity contribution in [3.05, 3.63) is 38.9 Å². The van der Waals surface area contributed by atoms with E-state index in [4.69, 9.17) is 0 Å². The van der Waals surface area contributed by atoms with Crippen LogP contribution in [0, 0.1) is 0 Å². The van der Waals surface area contributed by atoms with Crippen LogP contribution in [-0.4, -0.2) is 60.2 Å². The van der Waals surface area contributed by atoms with Crippen molar-refractivity contribution in [1.29, 1.82) is 0 Å². The highest BCUT2D eigenvalue weighted by Gasteiger charge is 2.40. The molecule has 1 atom stereocenters. The van der Waals surface area contributed by atoms with E-state index in [2.05, 4.69) is 9.97 Å². The van der Waals surface area contributed by atoms with Gasteiger partial charge in [0.2, 0.25) is 15.9 Å². The van der Waals surface area contributed by atoms with Gasteiger partial charge in [-0.25, -0.2) is 8.42 Å². The highest BCUT2D eigenvalue weighted by molar-refractivity contribution is 7.89. The lowest BCUT2D eigenvalue weighted by molar-refractivity contribution is -0.132. The van der Waals surface area contributed by atoms with E-state index in [1.807, 2.05) is 0 Å². The third-order valence-corrected chi connectivity index (χ3v) is 6.13. The molecule has 2 aromatic rings. The molecule has 0 aliphatic carbocycles. The summed E-state index contributed by atoms with van der Waals surface area (Å²) in [6, 6.07) is 3.32. The van der Waals surface area contributed by atoms with Gasteiger partial charge >= 0.3 is 11.1 Å². The Labute approximate surface area is 143 Å². The maximum atomic E-state index is 13.0. The molecule has 1 aliphatic rings. The minimum Gasteiger partial charge on any atom is -0.347 e. The number of carbonyl (C=O) groups excluding carboxylic acids is 1. The Hall–Kier alpha value is -2.46. The van der Waals surface area contributed by atoms with Gasteiger partial charge in [-0.3, -0.25) is 14.4 Å². The second-order valence-electron chi connectivity index (χ2n) is 6.12. The lowest BCUT2D eigenvalue weighted by Crippen LogP contribution is -2.45. The number of nitrogens with zero attached hydrogens (tertiary/aromatic N) is 2. The van der Waals surface area contributed by atoms with Crippen LogP contribution in [0.25, 0.3) is 11.0 Å². The third-order valence-electron chi connectivity index (χ3n) is 4.23. The fourth-order valence-corrected chi connectivity index (χ4v) is 4.64. The topological polar surface area (TPSA) is 123 Å². The largest absolute Gasteiger partial charge is 0.347 e. The van der Waals surface area contributed by atoms with Crippen LogP contribution in [0.4, 0.5) is 0 Å². The summed E-state index contributed by atoms with van der Waals surface area (Å²) in [6.07, 6.45) is 1.06. The number of hydrogen-bond donors (Lipinski definition) is 2. The van der Waals surface area contributed by atoms with Gasteiger partial charge in [-0.1, -0.05) is 0 Å². The zero-order chi connectivity index (χ0) is 18.4. The first-order valence-electron chi connectivity index (χ1n) is 7.71. The second-order valence-corrected chi connectivity index (χ2v) is 8.01. The van der Waals surface area contributed by atoms with Crippen LogP contribution >= 0.6 is 0 Å². The number of aromatic nitrogens is 2. The zero-order valence-corrected chi connectivity index (χ0v) is 14.6. The first kappa shape index (κ1) is 17.4. The van der Waals surface area contributed by atoms with Crippen molar-refractivity contribution in [3.8, 4) is 0 Å². The molecule has 0 spiro atoms. The molecule has 0 bridgehead atoms. The summed E-state index contributed by atoms with van der Waals surface area (Å²) in [5.41, 5.74) is -1.13. The molecule has 2 heterocycles. The molecular weight excluding hydrogens is 348 g/mol. The molecule has 25 heavy (non-hydrogen) atoms. The molecule has 134 valence electrons. The number of sulfonamides is 1.